The second kappa shape index (κ2) is 5.85. The molecule has 1 amide bonds. The number of anilines is 1. The van der Waals surface area contributed by atoms with Crippen LogP contribution in [0.4, 0.5) is 18.9 Å². The van der Waals surface area contributed by atoms with Crippen LogP contribution in [0, 0.1) is 5.41 Å². The lowest BCUT2D eigenvalue weighted by Crippen LogP contribution is -2.42. The van der Waals surface area contributed by atoms with Crippen LogP contribution in [-0.4, -0.2) is 19.0 Å². The molecular formula is C14H16ClF3N2O. The molecule has 7 heteroatoms. The molecule has 0 spiro atoms. The monoisotopic (exact) mass is 320 g/mol. The van der Waals surface area contributed by atoms with Crippen molar-refractivity contribution < 1.29 is 18.0 Å². The first kappa shape index (κ1) is 16.1. The van der Waals surface area contributed by atoms with E-state index in [9.17, 15) is 18.0 Å². The van der Waals surface area contributed by atoms with Crippen molar-refractivity contribution in [2.75, 3.05) is 18.4 Å². The molecular weight excluding hydrogens is 305 g/mol. The predicted molar refractivity (Wildman–Crippen MR) is 75.3 cm³/mol. The first-order valence-electron chi connectivity index (χ1n) is 6.61. The number of nitrogens with one attached hydrogen (secondary N) is 2. The molecule has 116 valence electrons. The molecule has 0 atom stereocenters. The molecule has 1 aromatic rings. The molecule has 0 saturated carbocycles. The summed E-state index contributed by atoms with van der Waals surface area (Å²) in [5, 5.41) is 5.33. The molecule has 1 saturated heterocycles. The summed E-state index contributed by atoms with van der Waals surface area (Å²) >= 11 is 5.55. The molecule has 0 aliphatic carbocycles. The molecule has 0 bridgehead atoms. The van der Waals surface area contributed by atoms with Crippen molar-refractivity contribution in [1.82, 2.24) is 5.32 Å². The highest BCUT2D eigenvalue weighted by molar-refractivity contribution is 6.31. The van der Waals surface area contributed by atoms with Gasteiger partial charge in [-0.05, 0) is 44.1 Å². The lowest BCUT2D eigenvalue weighted by atomic mass is 9.80. The molecule has 1 aromatic carbocycles. The van der Waals surface area contributed by atoms with Gasteiger partial charge in [-0.3, -0.25) is 4.79 Å². The molecule has 1 fully saturated rings. The largest absolute Gasteiger partial charge is 0.417 e. The quantitative estimate of drug-likeness (QED) is 0.872. The molecule has 21 heavy (non-hydrogen) atoms. The first-order valence-corrected chi connectivity index (χ1v) is 6.99. The van der Waals surface area contributed by atoms with Crippen LogP contribution >= 0.6 is 11.6 Å². The van der Waals surface area contributed by atoms with E-state index in [1.54, 1.807) is 0 Å². The van der Waals surface area contributed by atoms with Crippen molar-refractivity contribution in [1.29, 1.82) is 0 Å². The van der Waals surface area contributed by atoms with Gasteiger partial charge in [0.2, 0.25) is 5.91 Å². The van der Waals surface area contributed by atoms with Gasteiger partial charge in [-0.15, -0.1) is 0 Å². The van der Waals surface area contributed by atoms with E-state index in [0.717, 1.165) is 25.2 Å². The Morgan fingerprint density at radius 3 is 2.52 bits per heavy atom. The molecule has 0 aromatic heterocycles. The maximum absolute atomic E-state index is 12.8. The highest BCUT2D eigenvalue weighted by Gasteiger charge is 2.36. The Kier molecular flexibility index (Phi) is 4.49. The van der Waals surface area contributed by atoms with Crippen molar-refractivity contribution >= 4 is 23.2 Å². The Balaban J connectivity index is 2.18. The summed E-state index contributed by atoms with van der Waals surface area (Å²) in [6, 6.07) is 3.38. The Labute approximate surface area is 125 Å². The van der Waals surface area contributed by atoms with Crippen LogP contribution in [0.25, 0.3) is 0 Å². The minimum absolute atomic E-state index is 0.108. The SMILES string of the molecule is CC1(C(=O)Nc2ccc(Cl)c(C(F)(F)F)c2)CCNCC1. The minimum atomic E-state index is -4.55. The molecule has 3 nitrogen and oxygen atoms in total. The molecule has 1 aliphatic heterocycles. The second-order valence-electron chi connectivity index (χ2n) is 5.46. The number of hydrogen-bond acceptors (Lipinski definition) is 2. The van der Waals surface area contributed by atoms with Crippen LogP contribution in [-0.2, 0) is 11.0 Å². The van der Waals surface area contributed by atoms with Gasteiger partial charge in [0, 0.05) is 11.1 Å². The van der Waals surface area contributed by atoms with Crippen molar-refractivity contribution in [2.24, 2.45) is 5.41 Å². The Bertz CT molecular complexity index is 540. The maximum atomic E-state index is 12.8. The van der Waals surface area contributed by atoms with Crippen LogP contribution in [0.3, 0.4) is 0 Å². The summed E-state index contributed by atoms with van der Waals surface area (Å²) in [4.78, 5) is 12.3. The van der Waals surface area contributed by atoms with Gasteiger partial charge in [-0.1, -0.05) is 18.5 Å². The summed E-state index contributed by atoms with van der Waals surface area (Å²) in [5.74, 6) is -0.264. The van der Waals surface area contributed by atoms with E-state index in [4.69, 9.17) is 11.6 Å². The van der Waals surface area contributed by atoms with Crippen LogP contribution in [0.15, 0.2) is 18.2 Å². The van der Waals surface area contributed by atoms with Gasteiger partial charge in [-0.2, -0.15) is 13.2 Å². The van der Waals surface area contributed by atoms with E-state index in [1.165, 1.54) is 6.07 Å². The topological polar surface area (TPSA) is 41.1 Å². The minimum Gasteiger partial charge on any atom is -0.326 e. The molecule has 1 heterocycles. The van der Waals surface area contributed by atoms with E-state index < -0.39 is 17.2 Å². The maximum Gasteiger partial charge on any atom is 0.417 e. The van der Waals surface area contributed by atoms with E-state index in [-0.39, 0.29) is 16.6 Å². The lowest BCUT2D eigenvalue weighted by Gasteiger charge is -2.32. The Hall–Kier alpha value is -1.27. The van der Waals surface area contributed by atoms with E-state index in [0.29, 0.717) is 12.8 Å². The number of alkyl halides is 3. The lowest BCUT2D eigenvalue weighted by molar-refractivity contribution is -0.137. The van der Waals surface area contributed by atoms with Crippen LogP contribution < -0.4 is 10.6 Å². The van der Waals surface area contributed by atoms with Gasteiger partial charge in [-0.25, -0.2) is 0 Å². The highest BCUT2D eigenvalue weighted by atomic mass is 35.5. The number of piperidine rings is 1. The fourth-order valence-corrected chi connectivity index (χ4v) is 2.53. The van der Waals surface area contributed by atoms with E-state index in [1.807, 2.05) is 6.92 Å². The summed E-state index contributed by atoms with van der Waals surface area (Å²) < 4.78 is 38.4. The summed E-state index contributed by atoms with van der Waals surface area (Å²) in [5.41, 5.74) is -1.41. The zero-order chi connectivity index (χ0) is 15.7. The number of hydrogen-bond donors (Lipinski definition) is 2. The van der Waals surface area contributed by atoms with Gasteiger partial charge < -0.3 is 10.6 Å². The standard InChI is InChI=1S/C14H16ClF3N2O/c1-13(4-6-19-7-5-13)12(21)20-9-2-3-11(15)10(8-9)14(16,17)18/h2-3,8,19H,4-7H2,1H3,(H,20,21). The van der Waals surface area contributed by atoms with Gasteiger partial charge in [0.05, 0.1) is 10.6 Å². The normalized spacial score (nSPS) is 18.3. The number of rotatable bonds is 2. The van der Waals surface area contributed by atoms with Crippen molar-refractivity contribution in [3.8, 4) is 0 Å². The molecule has 0 unspecified atom stereocenters. The highest BCUT2D eigenvalue weighted by Crippen LogP contribution is 2.37. The number of carbonyl (C=O) groups excluding carboxylic acids is 1. The second-order valence-corrected chi connectivity index (χ2v) is 5.86. The van der Waals surface area contributed by atoms with E-state index >= 15 is 0 Å². The van der Waals surface area contributed by atoms with Crippen LogP contribution in [0.2, 0.25) is 5.02 Å². The smallest absolute Gasteiger partial charge is 0.326 e. The third-order valence-corrected chi connectivity index (χ3v) is 4.11. The fraction of sp³-hybridized carbons (Fsp3) is 0.500. The van der Waals surface area contributed by atoms with Gasteiger partial charge in [0.1, 0.15) is 0 Å². The molecule has 1 aliphatic rings. The van der Waals surface area contributed by atoms with Gasteiger partial charge >= 0.3 is 6.18 Å². The van der Waals surface area contributed by atoms with Crippen molar-refractivity contribution in [3.05, 3.63) is 28.8 Å². The summed E-state index contributed by atoms with van der Waals surface area (Å²) in [6.45, 7) is 3.26. The van der Waals surface area contributed by atoms with Crippen molar-refractivity contribution in [3.63, 3.8) is 0 Å². The molecule has 2 N–H and O–H groups in total. The third-order valence-electron chi connectivity index (χ3n) is 3.78. The van der Waals surface area contributed by atoms with Gasteiger partial charge in [0.15, 0.2) is 0 Å². The number of amides is 1. The fourth-order valence-electron chi connectivity index (χ4n) is 2.31. The number of benzene rings is 1. The Morgan fingerprint density at radius 1 is 1.33 bits per heavy atom. The van der Waals surface area contributed by atoms with Gasteiger partial charge in [0.25, 0.3) is 0 Å². The third kappa shape index (κ3) is 3.68. The predicted octanol–water partition coefficient (Wildman–Crippen LogP) is 3.69. The number of halogens is 4. The van der Waals surface area contributed by atoms with Crippen LogP contribution in [0.1, 0.15) is 25.3 Å². The Morgan fingerprint density at radius 2 is 1.95 bits per heavy atom. The first-order chi connectivity index (χ1) is 9.72. The van der Waals surface area contributed by atoms with Crippen molar-refractivity contribution in [2.45, 2.75) is 25.9 Å². The zero-order valence-electron chi connectivity index (χ0n) is 11.5. The van der Waals surface area contributed by atoms with Crippen LogP contribution in [0.5, 0.6) is 0 Å². The molecule has 0 radical (unpaired) electrons. The summed E-state index contributed by atoms with van der Waals surface area (Å²) in [6.07, 6.45) is -3.24. The average molecular weight is 321 g/mol. The zero-order valence-corrected chi connectivity index (χ0v) is 12.2. The average Bonchev–Trinajstić information content (AvgIpc) is 2.40. The summed E-state index contributed by atoms with van der Waals surface area (Å²) in [7, 11) is 0. The van der Waals surface area contributed by atoms with E-state index in [2.05, 4.69) is 10.6 Å². The molecule has 2 rings (SSSR count). The number of carbonyl (C=O) groups is 1.